The standard InChI is InChI=1S/C10H20O.C3H8/c1-8(2)11-10-6-4-5-9(3)7-10;1-3-2/h8-10H,4-7H2,1-3H3;3H2,1-2H3/t9-,10+;/m1./s1. The predicted octanol–water partition coefficient (Wildman–Crippen LogP) is 4.41. The summed E-state index contributed by atoms with van der Waals surface area (Å²) in [7, 11) is 0. The lowest BCUT2D eigenvalue weighted by atomic mass is 9.88. The molecule has 14 heavy (non-hydrogen) atoms. The van der Waals surface area contributed by atoms with Crippen molar-refractivity contribution in [3.8, 4) is 0 Å². The SMILES string of the molecule is CC(C)O[C@H]1CCC[C@@H](C)C1.CCC. The first kappa shape index (κ1) is 14.0. The maximum atomic E-state index is 5.76. The minimum absolute atomic E-state index is 0.408. The highest BCUT2D eigenvalue weighted by Crippen LogP contribution is 2.26. The summed E-state index contributed by atoms with van der Waals surface area (Å²) < 4.78 is 5.76. The molecule has 1 fully saturated rings. The summed E-state index contributed by atoms with van der Waals surface area (Å²) >= 11 is 0. The number of hydrogen-bond donors (Lipinski definition) is 0. The summed E-state index contributed by atoms with van der Waals surface area (Å²) in [5, 5.41) is 0. The van der Waals surface area contributed by atoms with Gasteiger partial charge >= 0.3 is 0 Å². The highest BCUT2D eigenvalue weighted by molar-refractivity contribution is 4.70. The Morgan fingerprint density at radius 1 is 1.21 bits per heavy atom. The fraction of sp³-hybridized carbons (Fsp3) is 1.00. The Labute approximate surface area is 90.2 Å². The number of ether oxygens (including phenoxy) is 1. The van der Waals surface area contributed by atoms with E-state index < -0.39 is 0 Å². The van der Waals surface area contributed by atoms with E-state index in [1.165, 1.54) is 32.1 Å². The second-order valence-electron chi connectivity index (χ2n) is 4.79. The topological polar surface area (TPSA) is 9.23 Å². The molecule has 0 unspecified atom stereocenters. The average molecular weight is 200 g/mol. The van der Waals surface area contributed by atoms with Crippen LogP contribution in [0.3, 0.4) is 0 Å². The average Bonchev–Trinajstić information content (AvgIpc) is 2.03. The van der Waals surface area contributed by atoms with Crippen molar-refractivity contribution >= 4 is 0 Å². The van der Waals surface area contributed by atoms with Crippen molar-refractivity contribution in [1.29, 1.82) is 0 Å². The van der Waals surface area contributed by atoms with E-state index in [1.54, 1.807) is 0 Å². The van der Waals surface area contributed by atoms with Crippen molar-refractivity contribution in [2.24, 2.45) is 5.92 Å². The molecule has 0 radical (unpaired) electrons. The molecule has 1 aliphatic rings. The normalized spacial score (nSPS) is 27.0. The van der Waals surface area contributed by atoms with Gasteiger partial charge in [0.2, 0.25) is 0 Å². The molecule has 0 bridgehead atoms. The molecule has 0 aromatic carbocycles. The fourth-order valence-electron chi connectivity index (χ4n) is 1.89. The van der Waals surface area contributed by atoms with Gasteiger partial charge in [-0.05, 0) is 32.6 Å². The molecule has 0 aliphatic heterocycles. The van der Waals surface area contributed by atoms with E-state index in [1.807, 2.05) is 0 Å². The zero-order chi connectivity index (χ0) is 11.0. The lowest BCUT2D eigenvalue weighted by Gasteiger charge is -2.28. The molecule has 1 nitrogen and oxygen atoms in total. The van der Waals surface area contributed by atoms with Crippen LogP contribution in [0, 0.1) is 5.92 Å². The van der Waals surface area contributed by atoms with Gasteiger partial charge in [-0.15, -0.1) is 0 Å². The van der Waals surface area contributed by atoms with Crippen molar-refractivity contribution in [1.82, 2.24) is 0 Å². The first-order valence-electron chi connectivity index (χ1n) is 6.25. The summed E-state index contributed by atoms with van der Waals surface area (Å²) in [6, 6.07) is 0. The molecule has 1 rings (SSSR count). The Hall–Kier alpha value is -0.0400. The summed E-state index contributed by atoms with van der Waals surface area (Å²) in [5.74, 6) is 0.882. The molecule has 0 aromatic heterocycles. The molecule has 86 valence electrons. The third kappa shape index (κ3) is 7.37. The Bertz CT molecular complexity index is 118. The van der Waals surface area contributed by atoms with Crippen molar-refractivity contribution < 1.29 is 4.74 Å². The van der Waals surface area contributed by atoms with Crippen LogP contribution in [0.5, 0.6) is 0 Å². The quantitative estimate of drug-likeness (QED) is 0.641. The molecule has 0 N–H and O–H groups in total. The van der Waals surface area contributed by atoms with Gasteiger partial charge in [0.15, 0.2) is 0 Å². The first-order chi connectivity index (χ1) is 6.60. The summed E-state index contributed by atoms with van der Waals surface area (Å²) in [6.07, 6.45) is 7.53. The number of hydrogen-bond acceptors (Lipinski definition) is 1. The van der Waals surface area contributed by atoms with E-state index in [9.17, 15) is 0 Å². The molecule has 1 aliphatic carbocycles. The molecular weight excluding hydrogens is 172 g/mol. The van der Waals surface area contributed by atoms with Crippen LogP contribution in [0.1, 0.15) is 66.7 Å². The summed E-state index contributed by atoms with van der Waals surface area (Å²) in [5.41, 5.74) is 0. The summed E-state index contributed by atoms with van der Waals surface area (Å²) in [6.45, 7) is 10.8. The third-order valence-corrected chi connectivity index (χ3v) is 2.35. The second-order valence-corrected chi connectivity index (χ2v) is 4.79. The molecule has 0 spiro atoms. The minimum Gasteiger partial charge on any atom is -0.376 e. The van der Waals surface area contributed by atoms with Gasteiger partial charge < -0.3 is 4.74 Å². The zero-order valence-corrected chi connectivity index (χ0v) is 10.7. The maximum Gasteiger partial charge on any atom is 0.0581 e. The van der Waals surface area contributed by atoms with Crippen molar-refractivity contribution in [3.05, 3.63) is 0 Å². The molecule has 0 heterocycles. The Kier molecular flexibility index (Phi) is 8.26. The van der Waals surface area contributed by atoms with E-state index >= 15 is 0 Å². The second kappa shape index (κ2) is 8.28. The summed E-state index contributed by atoms with van der Waals surface area (Å²) in [4.78, 5) is 0. The van der Waals surface area contributed by atoms with Crippen molar-refractivity contribution in [2.75, 3.05) is 0 Å². The van der Waals surface area contributed by atoms with Gasteiger partial charge in [-0.1, -0.05) is 40.0 Å². The van der Waals surface area contributed by atoms with Crippen LogP contribution in [-0.2, 0) is 4.74 Å². The van der Waals surface area contributed by atoms with Crippen molar-refractivity contribution in [3.63, 3.8) is 0 Å². The monoisotopic (exact) mass is 200 g/mol. The van der Waals surface area contributed by atoms with Crippen LogP contribution in [0.15, 0.2) is 0 Å². The molecular formula is C13H28O. The van der Waals surface area contributed by atoms with Gasteiger partial charge in [0.05, 0.1) is 12.2 Å². The van der Waals surface area contributed by atoms with Crippen LogP contribution >= 0.6 is 0 Å². The van der Waals surface area contributed by atoms with E-state index in [2.05, 4.69) is 34.6 Å². The van der Waals surface area contributed by atoms with Crippen LogP contribution in [-0.4, -0.2) is 12.2 Å². The van der Waals surface area contributed by atoms with Gasteiger partial charge in [0, 0.05) is 0 Å². The Morgan fingerprint density at radius 3 is 2.21 bits per heavy atom. The van der Waals surface area contributed by atoms with Crippen LogP contribution < -0.4 is 0 Å². The highest BCUT2D eigenvalue weighted by atomic mass is 16.5. The molecule has 1 heteroatoms. The largest absolute Gasteiger partial charge is 0.376 e. The molecule has 0 amide bonds. The molecule has 0 aromatic rings. The Balaban J connectivity index is 0.000000500. The predicted molar refractivity (Wildman–Crippen MR) is 63.6 cm³/mol. The maximum absolute atomic E-state index is 5.76. The van der Waals surface area contributed by atoms with E-state index in [-0.39, 0.29) is 0 Å². The number of rotatable bonds is 2. The van der Waals surface area contributed by atoms with Crippen LogP contribution in [0.4, 0.5) is 0 Å². The third-order valence-electron chi connectivity index (χ3n) is 2.35. The van der Waals surface area contributed by atoms with Gasteiger partial charge in [-0.3, -0.25) is 0 Å². The van der Waals surface area contributed by atoms with E-state index in [0.717, 1.165) is 5.92 Å². The van der Waals surface area contributed by atoms with Gasteiger partial charge in [0.1, 0.15) is 0 Å². The van der Waals surface area contributed by atoms with Crippen LogP contribution in [0.2, 0.25) is 0 Å². The molecule has 0 saturated heterocycles. The highest BCUT2D eigenvalue weighted by Gasteiger charge is 2.19. The zero-order valence-electron chi connectivity index (χ0n) is 10.7. The Morgan fingerprint density at radius 2 is 1.79 bits per heavy atom. The lowest BCUT2D eigenvalue weighted by molar-refractivity contribution is -0.0218. The van der Waals surface area contributed by atoms with Gasteiger partial charge in [0.25, 0.3) is 0 Å². The van der Waals surface area contributed by atoms with Gasteiger partial charge in [-0.2, -0.15) is 0 Å². The van der Waals surface area contributed by atoms with E-state index in [0.29, 0.717) is 12.2 Å². The van der Waals surface area contributed by atoms with E-state index in [4.69, 9.17) is 4.74 Å². The smallest absolute Gasteiger partial charge is 0.0581 e. The van der Waals surface area contributed by atoms with Gasteiger partial charge in [-0.25, -0.2) is 0 Å². The molecule has 2 atom stereocenters. The van der Waals surface area contributed by atoms with Crippen molar-refractivity contribution in [2.45, 2.75) is 78.9 Å². The lowest BCUT2D eigenvalue weighted by Crippen LogP contribution is -2.24. The van der Waals surface area contributed by atoms with Crippen LogP contribution in [0.25, 0.3) is 0 Å². The first-order valence-corrected chi connectivity index (χ1v) is 6.25. The molecule has 1 saturated carbocycles. The fourth-order valence-corrected chi connectivity index (χ4v) is 1.89. The minimum atomic E-state index is 0.408.